The van der Waals surface area contributed by atoms with Crippen LogP contribution in [0.15, 0.2) is 85.1 Å². The third-order valence-electron chi connectivity index (χ3n) is 6.05. The minimum atomic E-state index is -1.04. The summed E-state index contributed by atoms with van der Waals surface area (Å²) >= 11 is 0. The van der Waals surface area contributed by atoms with Crippen LogP contribution in [-0.4, -0.2) is 35.6 Å². The summed E-state index contributed by atoms with van der Waals surface area (Å²) in [5.74, 6) is -1.51. The van der Waals surface area contributed by atoms with Crippen LogP contribution in [0.4, 0.5) is 0 Å². The van der Waals surface area contributed by atoms with Crippen molar-refractivity contribution in [3.8, 4) is 0 Å². The highest BCUT2D eigenvalue weighted by molar-refractivity contribution is 5.80. The molecule has 0 spiro atoms. The molecule has 0 aromatic heterocycles. The molecule has 1 atom stereocenters. The van der Waals surface area contributed by atoms with E-state index in [-0.39, 0.29) is 30.9 Å². The number of hydrogen-bond acceptors (Lipinski definition) is 4. The standard InChI is InChI=1S/C36H55NO5/c1-3-5-7-9-11-12-13-14-15-16-17-18-19-21-27-31-36(41)42-33(28-24-20-10-8-6-4-2)29-25-22-23-26-30-34(38)37-32-35(39)40/h5,7-8,10-12,14-15,17-18,21,24,27-28,33H,3-4,6,9,13,16,19-20,22-23,25-26,29-32H2,1-2H3,(H,37,38)(H,39,40)/b7-5-,10-8-,12-11-,15-14-,18-17-,27-21-,28-24-. The van der Waals surface area contributed by atoms with Gasteiger partial charge in [-0.15, -0.1) is 0 Å². The van der Waals surface area contributed by atoms with Gasteiger partial charge >= 0.3 is 11.9 Å². The molecule has 42 heavy (non-hydrogen) atoms. The van der Waals surface area contributed by atoms with E-state index in [9.17, 15) is 14.4 Å². The number of carbonyl (C=O) groups excluding carboxylic acids is 2. The first-order valence-electron chi connectivity index (χ1n) is 15.7. The van der Waals surface area contributed by atoms with E-state index in [1.54, 1.807) is 0 Å². The van der Waals surface area contributed by atoms with Crippen molar-refractivity contribution in [2.24, 2.45) is 0 Å². The quantitative estimate of drug-likeness (QED) is 0.0604. The van der Waals surface area contributed by atoms with Gasteiger partial charge in [0.2, 0.25) is 5.91 Å². The summed E-state index contributed by atoms with van der Waals surface area (Å²) in [7, 11) is 0. The molecule has 0 saturated carbocycles. The SMILES string of the molecule is CC/C=C\C/C=C\C/C=C\C/C=C\C/C=C\CC(=O)OC(/C=C\C/C=C\CCC)CCCCCCC(=O)NCC(=O)O. The highest BCUT2D eigenvalue weighted by Crippen LogP contribution is 2.12. The fraction of sp³-hybridized carbons (Fsp3) is 0.528. The van der Waals surface area contributed by atoms with Crippen LogP contribution < -0.4 is 5.32 Å². The minimum Gasteiger partial charge on any atom is -0.480 e. The maximum atomic E-state index is 12.4. The topological polar surface area (TPSA) is 92.7 Å². The second-order valence-corrected chi connectivity index (χ2v) is 9.99. The van der Waals surface area contributed by atoms with E-state index in [0.717, 1.165) is 77.0 Å². The van der Waals surface area contributed by atoms with Gasteiger partial charge in [0.05, 0.1) is 6.42 Å². The van der Waals surface area contributed by atoms with E-state index < -0.39 is 5.97 Å². The van der Waals surface area contributed by atoms with Crippen molar-refractivity contribution in [2.45, 2.75) is 116 Å². The summed E-state index contributed by atoms with van der Waals surface area (Å²) in [6, 6.07) is 0. The predicted octanol–water partition coefficient (Wildman–Crippen LogP) is 8.88. The van der Waals surface area contributed by atoms with E-state index in [2.05, 4.69) is 79.9 Å². The van der Waals surface area contributed by atoms with Gasteiger partial charge in [-0.3, -0.25) is 14.4 Å². The number of unbranched alkanes of at least 4 members (excludes halogenated alkanes) is 4. The Bertz CT molecular complexity index is 908. The number of aliphatic carboxylic acids is 1. The highest BCUT2D eigenvalue weighted by atomic mass is 16.5. The molecule has 0 aliphatic rings. The molecule has 0 aromatic carbocycles. The van der Waals surface area contributed by atoms with Crippen LogP contribution in [0.5, 0.6) is 0 Å². The summed E-state index contributed by atoms with van der Waals surface area (Å²) < 4.78 is 5.74. The average Bonchev–Trinajstić information content (AvgIpc) is 2.97. The number of hydrogen-bond donors (Lipinski definition) is 2. The first kappa shape index (κ1) is 38.6. The normalized spacial score (nSPS) is 13.2. The minimum absolute atomic E-state index is 0.234. The molecule has 6 nitrogen and oxygen atoms in total. The first-order valence-corrected chi connectivity index (χ1v) is 15.7. The Labute approximate surface area is 255 Å². The molecule has 0 heterocycles. The number of allylic oxidation sites excluding steroid dienone is 12. The lowest BCUT2D eigenvalue weighted by atomic mass is 10.1. The van der Waals surface area contributed by atoms with Gasteiger partial charge in [-0.25, -0.2) is 0 Å². The zero-order valence-electron chi connectivity index (χ0n) is 26.1. The number of carboxylic acid groups (broad SMARTS) is 1. The lowest BCUT2D eigenvalue weighted by Crippen LogP contribution is -2.28. The molecule has 234 valence electrons. The van der Waals surface area contributed by atoms with E-state index in [1.807, 2.05) is 24.3 Å². The molecule has 0 fully saturated rings. The molecule has 0 rings (SSSR count). The van der Waals surface area contributed by atoms with Gasteiger partial charge in [-0.2, -0.15) is 0 Å². The summed E-state index contributed by atoms with van der Waals surface area (Å²) in [5, 5.41) is 11.0. The van der Waals surface area contributed by atoms with Crippen LogP contribution in [0, 0.1) is 0 Å². The summed E-state index contributed by atoms with van der Waals surface area (Å²) in [5.41, 5.74) is 0. The van der Waals surface area contributed by atoms with Crippen LogP contribution in [0.1, 0.15) is 110 Å². The molecule has 6 heteroatoms. The lowest BCUT2D eigenvalue weighted by molar-refractivity contribution is -0.146. The maximum Gasteiger partial charge on any atom is 0.322 e. The molecule has 0 radical (unpaired) electrons. The predicted molar refractivity (Wildman–Crippen MR) is 175 cm³/mol. The smallest absolute Gasteiger partial charge is 0.322 e. The Morgan fingerprint density at radius 2 is 1.24 bits per heavy atom. The van der Waals surface area contributed by atoms with Crippen LogP contribution in [0.3, 0.4) is 0 Å². The van der Waals surface area contributed by atoms with Crippen LogP contribution >= 0.6 is 0 Å². The lowest BCUT2D eigenvalue weighted by Gasteiger charge is -2.14. The molecule has 1 amide bonds. The molecular formula is C36H55NO5. The molecular weight excluding hydrogens is 526 g/mol. The largest absolute Gasteiger partial charge is 0.480 e. The zero-order valence-corrected chi connectivity index (χ0v) is 26.1. The second kappa shape index (κ2) is 30.5. The molecule has 1 unspecified atom stereocenters. The maximum absolute atomic E-state index is 12.4. The van der Waals surface area contributed by atoms with E-state index >= 15 is 0 Å². The van der Waals surface area contributed by atoms with E-state index in [0.29, 0.717) is 12.8 Å². The van der Waals surface area contributed by atoms with Gasteiger partial charge < -0.3 is 15.2 Å². The van der Waals surface area contributed by atoms with Crippen LogP contribution in [0.25, 0.3) is 0 Å². The summed E-state index contributed by atoms with van der Waals surface area (Å²) in [6.07, 6.45) is 41.6. The van der Waals surface area contributed by atoms with Gasteiger partial charge in [0.1, 0.15) is 12.6 Å². The molecule has 0 saturated heterocycles. The van der Waals surface area contributed by atoms with Crippen LogP contribution in [0.2, 0.25) is 0 Å². The second-order valence-electron chi connectivity index (χ2n) is 9.99. The molecule has 0 aromatic rings. The van der Waals surface area contributed by atoms with E-state index in [4.69, 9.17) is 9.84 Å². The van der Waals surface area contributed by atoms with Crippen molar-refractivity contribution in [3.63, 3.8) is 0 Å². The Morgan fingerprint density at radius 1 is 0.690 bits per heavy atom. The third-order valence-corrected chi connectivity index (χ3v) is 6.05. The van der Waals surface area contributed by atoms with Crippen molar-refractivity contribution in [2.75, 3.05) is 6.54 Å². The van der Waals surface area contributed by atoms with Gasteiger partial charge in [-0.1, -0.05) is 112 Å². The Balaban J connectivity index is 4.36. The van der Waals surface area contributed by atoms with Crippen molar-refractivity contribution in [1.29, 1.82) is 0 Å². The van der Waals surface area contributed by atoms with Crippen LogP contribution in [-0.2, 0) is 19.1 Å². The van der Waals surface area contributed by atoms with Crippen molar-refractivity contribution in [1.82, 2.24) is 5.32 Å². The number of nitrogens with one attached hydrogen (secondary N) is 1. The number of amides is 1. The molecule has 2 N–H and O–H groups in total. The fourth-order valence-corrected chi connectivity index (χ4v) is 3.78. The molecule has 0 aliphatic carbocycles. The summed E-state index contributed by atoms with van der Waals surface area (Å²) in [6.45, 7) is 3.95. The highest BCUT2D eigenvalue weighted by Gasteiger charge is 2.10. The zero-order chi connectivity index (χ0) is 30.9. The monoisotopic (exact) mass is 581 g/mol. The van der Waals surface area contributed by atoms with Gasteiger partial charge in [0.25, 0.3) is 0 Å². The van der Waals surface area contributed by atoms with Gasteiger partial charge in [0, 0.05) is 6.42 Å². The third kappa shape index (κ3) is 29.6. The number of esters is 1. The number of carboxylic acids is 1. The summed E-state index contributed by atoms with van der Waals surface area (Å²) in [4.78, 5) is 34.6. The van der Waals surface area contributed by atoms with E-state index in [1.165, 1.54) is 0 Å². The van der Waals surface area contributed by atoms with Gasteiger partial charge in [-0.05, 0) is 70.3 Å². The van der Waals surface area contributed by atoms with Gasteiger partial charge in [0.15, 0.2) is 0 Å². The number of rotatable bonds is 26. The number of carbonyl (C=O) groups is 3. The van der Waals surface area contributed by atoms with Crippen molar-refractivity contribution in [3.05, 3.63) is 85.1 Å². The Kier molecular flexibility index (Phi) is 28.1. The number of ether oxygens (including phenoxy) is 1. The first-order chi connectivity index (χ1) is 20.5. The Morgan fingerprint density at radius 3 is 1.83 bits per heavy atom. The molecule has 0 bridgehead atoms. The van der Waals surface area contributed by atoms with Crippen molar-refractivity contribution < 1.29 is 24.2 Å². The molecule has 0 aliphatic heterocycles. The average molecular weight is 582 g/mol. The van der Waals surface area contributed by atoms with Crippen molar-refractivity contribution >= 4 is 17.8 Å². The Hall–Kier alpha value is -3.41. The fourth-order valence-electron chi connectivity index (χ4n) is 3.78.